The quantitative estimate of drug-likeness (QED) is 0.893. The second kappa shape index (κ2) is 7.11. The second-order valence-electron chi connectivity index (χ2n) is 6.83. The topological polar surface area (TPSA) is 61.8 Å². The number of benzene rings is 1. The molecule has 1 saturated heterocycles. The molecule has 0 aliphatic carbocycles. The third-order valence-corrected chi connectivity index (χ3v) is 3.64. The van der Waals surface area contributed by atoms with E-state index in [1.807, 2.05) is 39.0 Å². The Bertz CT molecular complexity index is 484. The van der Waals surface area contributed by atoms with Gasteiger partial charge >= 0.3 is 6.09 Å². The average molecular weight is 306 g/mol. The zero-order chi connectivity index (χ0) is 16.2. The van der Waals surface area contributed by atoms with Gasteiger partial charge in [0, 0.05) is 25.6 Å². The van der Waals surface area contributed by atoms with E-state index in [2.05, 4.69) is 17.4 Å². The summed E-state index contributed by atoms with van der Waals surface area (Å²) in [6.07, 6.45) is -0.854. The average Bonchev–Trinajstić information content (AvgIpc) is 2.80. The van der Waals surface area contributed by atoms with Gasteiger partial charge in [0.05, 0.1) is 12.6 Å². The van der Waals surface area contributed by atoms with Crippen molar-refractivity contribution in [1.82, 2.24) is 10.2 Å². The van der Waals surface area contributed by atoms with Crippen LogP contribution >= 0.6 is 0 Å². The summed E-state index contributed by atoms with van der Waals surface area (Å²) in [5, 5.41) is 13.5. The zero-order valence-electron chi connectivity index (χ0n) is 13.6. The van der Waals surface area contributed by atoms with Gasteiger partial charge in [-0.25, -0.2) is 4.79 Å². The number of carbonyl (C=O) groups excluding carboxylic acids is 1. The van der Waals surface area contributed by atoms with Gasteiger partial charge in [-0.2, -0.15) is 0 Å². The summed E-state index contributed by atoms with van der Waals surface area (Å²) in [5.74, 6) is 0.0382. The Morgan fingerprint density at radius 3 is 2.64 bits per heavy atom. The van der Waals surface area contributed by atoms with Crippen LogP contribution in [-0.4, -0.2) is 47.4 Å². The van der Waals surface area contributed by atoms with Gasteiger partial charge in [-0.1, -0.05) is 30.3 Å². The number of rotatable bonds is 4. The van der Waals surface area contributed by atoms with Crippen LogP contribution in [0.2, 0.25) is 0 Å². The molecule has 1 aliphatic heterocycles. The Labute approximate surface area is 132 Å². The Morgan fingerprint density at radius 2 is 2.00 bits per heavy atom. The molecule has 1 aliphatic rings. The van der Waals surface area contributed by atoms with Crippen LogP contribution in [0.5, 0.6) is 0 Å². The predicted octanol–water partition coefficient (Wildman–Crippen LogP) is 2.00. The van der Waals surface area contributed by atoms with E-state index < -0.39 is 11.7 Å². The van der Waals surface area contributed by atoms with Crippen LogP contribution in [0.15, 0.2) is 30.3 Å². The monoisotopic (exact) mass is 306 g/mol. The summed E-state index contributed by atoms with van der Waals surface area (Å²) < 4.78 is 5.35. The molecule has 0 spiro atoms. The van der Waals surface area contributed by atoms with Gasteiger partial charge in [0.15, 0.2) is 0 Å². The first-order chi connectivity index (χ1) is 10.3. The maximum atomic E-state index is 12.0. The van der Waals surface area contributed by atoms with Crippen LogP contribution in [-0.2, 0) is 11.3 Å². The van der Waals surface area contributed by atoms with E-state index in [0.29, 0.717) is 19.6 Å². The van der Waals surface area contributed by atoms with Crippen molar-refractivity contribution < 1.29 is 14.6 Å². The summed E-state index contributed by atoms with van der Waals surface area (Å²) in [7, 11) is 0. The minimum Gasteiger partial charge on any atom is -0.444 e. The number of hydrogen-bond acceptors (Lipinski definition) is 4. The highest BCUT2D eigenvalue weighted by molar-refractivity contribution is 5.68. The lowest BCUT2D eigenvalue weighted by Crippen LogP contribution is -2.36. The standard InChI is InChI=1S/C17H26N2O3/c1-17(2,3)22-16(21)19-11-14(15(20)12-19)10-18-9-13-7-5-4-6-8-13/h4-8,14-15,18,20H,9-12H2,1-3H3/t14-,15?/m0/s1. The van der Waals surface area contributed by atoms with E-state index in [-0.39, 0.29) is 12.0 Å². The van der Waals surface area contributed by atoms with E-state index in [4.69, 9.17) is 4.74 Å². The molecule has 2 atom stereocenters. The van der Waals surface area contributed by atoms with Crippen molar-refractivity contribution in [1.29, 1.82) is 0 Å². The van der Waals surface area contributed by atoms with Crippen LogP contribution in [0.4, 0.5) is 4.79 Å². The first kappa shape index (κ1) is 16.8. The maximum absolute atomic E-state index is 12.0. The fraction of sp³-hybridized carbons (Fsp3) is 0.588. The molecule has 2 rings (SSSR count). The van der Waals surface area contributed by atoms with Crippen LogP contribution in [0, 0.1) is 5.92 Å². The first-order valence-electron chi connectivity index (χ1n) is 7.76. The Hall–Kier alpha value is -1.59. The molecule has 0 bridgehead atoms. The molecule has 5 nitrogen and oxygen atoms in total. The fourth-order valence-electron chi connectivity index (χ4n) is 2.53. The SMILES string of the molecule is CC(C)(C)OC(=O)N1CC(O)[C@@H](CNCc2ccccc2)C1. The van der Waals surface area contributed by atoms with Gasteiger partial charge in [-0.3, -0.25) is 0 Å². The van der Waals surface area contributed by atoms with E-state index in [1.165, 1.54) is 5.56 Å². The molecule has 0 aromatic heterocycles. The van der Waals surface area contributed by atoms with Crippen LogP contribution in [0.1, 0.15) is 26.3 Å². The normalized spacial score (nSPS) is 21.9. The van der Waals surface area contributed by atoms with Gasteiger partial charge in [0.1, 0.15) is 5.60 Å². The lowest BCUT2D eigenvalue weighted by molar-refractivity contribution is 0.0270. The number of likely N-dealkylation sites (tertiary alicyclic amines) is 1. The summed E-state index contributed by atoms with van der Waals surface area (Å²) in [5.41, 5.74) is 0.699. The summed E-state index contributed by atoms with van der Waals surface area (Å²) >= 11 is 0. The molecule has 0 saturated carbocycles. The summed E-state index contributed by atoms with van der Waals surface area (Å²) in [4.78, 5) is 13.6. The third-order valence-electron chi connectivity index (χ3n) is 3.64. The lowest BCUT2D eigenvalue weighted by atomic mass is 10.1. The molecule has 22 heavy (non-hydrogen) atoms. The summed E-state index contributed by atoms with van der Waals surface area (Å²) in [6.45, 7) is 7.83. The molecule has 122 valence electrons. The van der Waals surface area contributed by atoms with E-state index >= 15 is 0 Å². The van der Waals surface area contributed by atoms with E-state index in [9.17, 15) is 9.90 Å². The van der Waals surface area contributed by atoms with Crippen LogP contribution in [0.25, 0.3) is 0 Å². The van der Waals surface area contributed by atoms with Gasteiger partial charge < -0.3 is 20.1 Å². The molecule has 1 amide bonds. The number of aliphatic hydroxyl groups excluding tert-OH is 1. The van der Waals surface area contributed by atoms with E-state index in [0.717, 1.165) is 6.54 Å². The van der Waals surface area contributed by atoms with Crippen LogP contribution < -0.4 is 5.32 Å². The predicted molar refractivity (Wildman–Crippen MR) is 85.5 cm³/mol. The van der Waals surface area contributed by atoms with Gasteiger partial charge in [-0.05, 0) is 26.3 Å². The second-order valence-corrected chi connectivity index (χ2v) is 6.83. The molecule has 0 radical (unpaired) electrons. The molecular weight excluding hydrogens is 280 g/mol. The minimum atomic E-state index is -0.508. The van der Waals surface area contributed by atoms with E-state index in [1.54, 1.807) is 4.90 Å². The molecule has 5 heteroatoms. The number of nitrogens with one attached hydrogen (secondary N) is 1. The Morgan fingerprint density at radius 1 is 1.32 bits per heavy atom. The van der Waals surface area contributed by atoms with Crippen molar-refractivity contribution in [3.05, 3.63) is 35.9 Å². The fourth-order valence-corrected chi connectivity index (χ4v) is 2.53. The number of nitrogens with zero attached hydrogens (tertiary/aromatic N) is 1. The van der Waals surface area contributed by atoms with Gasteiger partial charge in [-0.15, -0.1) is 0 Å². The van der Waals surface area contributed by atoms with Crippen molar-refractivity contribution in [3.63, 3.8) is 0 Å². The number of hydrogen-bond donors (Lipinski definition) is 2. The first-order valence-corrected chi connectivity index (χ1v) is 7.76. The third kappa shape index (κ3) is 5.00. The molecule has 1 aromatic carbocycles. The van der Waals surface area contributed by atoms with Gasteiger partial charge in [0.2, 0.25) is 0 Å². The number of amides is 1. The Kier molecular flexibility index (Phi) is 5.42. The van der Waals surface area contributed by atoms with Crippen molar-refractivity contribution in [2.24, 2.45) is 5.92 Å². The summed E-state index contributed by atoms with van der Waals surface area (Å²) in [6, 6.07) is 10.1. The highest BCUT2D eigenvalue weighted by Crippen LogP contribution is 2.19. The molecule has 1 unspecified atom stereocenters. The number of carbonyl (C=O) groups is 1. The van der Waals surface area contributed by atoms with Crippen molar-refractivity contribution in [2.45, 2.75) is 39.0 Å². The maximum Gasteiger partial charge on any atom is 0.410 e. The minimum absolute atomic E-state index is 0.0382. The van der Waals surface area contributed by atoms with Crippen molar-refractivity contribution in [3.8, 4) is 0 Å². The smallest absolute Gasteiger partial charge is 0.410 e. The number of aliphatic hydroxyl groups is 1. The van der Waals surface area contributed by atoms with Crippen LogP contribution in [0.3, 0.4) is 0 Å². The molecule has 1 heterocycles. The molecule has 1 aromatic rings. The highest BCUT2D eigenvalue weighted by atomic mass is 16.6. The van der Waals surface area contributed by atoms with Crippen molar-refractivity contribution >= 4 is 6.09 Å². The molecule has 2 N–H and O–H groups in total. The van der Waals surface area contributed by atoms with Gasteiger partial charge in [0.25, 0.3) is 0 Å². The zero-order valence-corrected chi connectivity index (χ0v) is 13.6. The highest BCUT2D eigenvalue weighted by Gasteiger charge is 2.35. The number of β-amino-alcohol motifs (C(OH)–C–C–N with tert-alkyl or cyclic N) is 1. The largest absolute Gasteiger partial charge is 0.444 e. The van der Waals surface area contributed by atoms with Crippen molar-refractivity contribution in [2.75, 3.05) is 19.6 Å². The molecular formula is C17H26N2O3. The molecule has 1 fully saturated rings. The Balaban J connectivity index is 1.77. The lowest BCUT2D eigenvalue weighted by Gasteiger charge is -2.24. The number of ether oxygens (including phenoxy) is 1.